The minimum absolute atomic E-state index is 0.465. The molecule has 2 aromatic carbocycles. The van der Waals surface area contributed by atoms with Gasteiger partial charge >= 0.3 is 6.09 Å². The Morgan fingerprint density at radius 1 is 1.05 bits per heavy atom. The van der Waals surface area contributed by atoms with E-state index in [1.54, 1.807) is 45.0 Å². The van der Waals surface area contributed by atoms with Gasteiger partial charge in [-0.1, -0.05) is 47.5 Å². The first-order valence-corrected chi connectivity index (χ1v) is 12.1. The number of hydrogen-bond donors (Lipinski definition) is 3. The van der Waals surface area contributed by atoms with Crippen LogP contribution in [-0.2, 0) is 19.1 Å². The summed E-state index contributed by atoms with van der Waals surface area (Å²) in [7, 11) is 0. The second-order valence-electron chi connectivity index (χ2n) is 10.1. The van der Waals surface area contributed by atoms with Crippen LogP contribution in [0.1, 0.15) is 55.5 Å². The number of hydrogen-bond acceptors (Lipinski definition) is 6. The summed E-state index contributed by atoms with van der Waals surface area (Å²) in [6, 6.07) is 11.8. The van der Waals surface area contributed by atoms with Gasteiger partial charge < -0.3 is 26.0 Å². The molecular formula is C28H35N5O5. The lowest BCUT2D eigenvalue weighted by Crippen LogP contribution is -2.53. The molecule has 0 radical (unpaired) electrons. The lowest BCUT2D eigenvalue weighted by atomic mass is 9.98. The number of amides is 4. The van der Waals surface area contributed by atoms with Crippen LogP contribution in [0.4, 0.5) is 10.5 Å². The zero-order chi connectivity index (χ0) is 28.6. The number of para-hydroxylation sites is 1. The summed E-state index contributed by atoms with van der Waals surface area (Å²) in [4.78, 5) is 52.9. The number of carbonyl (C=O) groups is 4. The van der Waals surface area contributed by atoms with Crippen molar-refractivity contribution in [3.8, 4) is 6.07 Å². The van der Waals surface area contributed by atoms with E-state index in [0.717, 1.165) is 21.6 Å². The largest absolute Gasteiger partial charge is 0.444 e. The first-order chi connectivity index (χ1) is 17.7. The smallest absolute Gasteiger partial charge is 0.408 e. The number of benzene rings is 2. The third-order valence-corrected chi connectivity index (χ3v) is 5.44. The maximum Gasteiger partial charge on any atom is 0.408 e. The third kappa shape index (κ3) is 8.62. The molecule has 4 N–H and O–H groups in total. The number of carbonyl (C=O) groups excluding carboxylic acids is 4. The topological polar surface area (TPSA) is 155 Å². The molecule has 2 atom stereocenters. The molecule has 0 saturated heterocycles. The van der Waals surface area contributed by atoms with Crippen LogP contribution in [0, 0.1) is 32.1 Å². The van der Waals surface area contributed by atoms with Crippen molar-refractivity contribution in [2.45, 2.75) is 65.6 Å². The Morgan fingerprint density at radius 2 is 1.66 bits per heavy atom. The van der Waals surface area contributed by atoms with Gasteiger partial charge in [0, 0.05) is 5.69 Å². The molecule has 0 aromatic heterocycles. The normalized spacial score (nSPS) is 12.4. The van der Waals surface area contributed by atoms with E-state index in [1.165, 1.54) is 0 Å². The van der Waals surface area contributed by atoms with E-state index in [1.807, 2.05) is 45.0 Å². The monoisotopic (exact) mass is 521 g/mol. The number of aryl methyl sites for hydroxylation is 3. The minimum atomic E-state index is -1.46. The highest BCUT2D eigenvalue weighted by atomic mass is 16.6. The van der Waals surface area contributed by atoms with E-state index in [9.17, 15) is 24.4 Å². The summed E-state index contributed by atoms with van der Waals surface area (Å²) in [5.41, 5.74) is 8.00. The second kappa shape index (κ2) is 12.7. The van der Waals surface area contributed by atoms with Crippen LogP contribution in [0.5, 0.6) is 0 Å². The predicted molar refractivity (Wildman–Crippen MR) is 143 cm³/mol. The summed E-state index contributed by atoms with van der Waals surface area (Å²) >= 11 is 0. The highest BCUT2D eigenvalue weighted by Gasteiger charge is 2.37. The van der Waals surface area contributed by atoms with E-state index in [0.29, 0.717) is 11.3 Å². The lowest BCUT2D eigenvalue weighted by Gasteiger charge is -2.33. The van der Waals surface area contributed by atoms with Crippen molar-refractivity contribution < 1.29 is 23.9 Å². The van der Waals surface area contributed by atoms with Crippen LogP contribution in [0.15, 0.2) is 42.5 Å². The number of nitrogens with zero attached hydrogens (tertiary/aromatic N) is 2. The van der Waals surface area contributed by atoms with Crippen molar-refractivity contribution in [1.82, 2.24) is 10.2 Å². The van der Waals surface area contributed by atoms with Crippen molar-refractivity contribution in [3.05, 3.63) is 64.7 Å². The maximum atomic E-state index is 13.8. The molecule has 0 aliphatic carbocycles. The molecule has 10 nitrogen and oxygen atoms in total. The number of rotatable bonds is 9. The van der Waals surface area contributed by atoms with Crippen molar-refractivity contribution in [2.24, 2.45) is 5.73 Å². The van der Waals surface area contributed by atoms with E-state index < -0.39 is 54.5 Å². The SMILES string of the molecule is Cc1cc(C)cc(C(C(=O)Nc2ccccc2C)N(CC#N)C(=O)C(CC(N)=O)NC(=O)OC(C)(C)C)c1. The van der Waals surface area contributed by atoms with Gasteiger partial charge in [0.2, 0.25) is 11.8 Å². The van der Waals surface area contributed by atoms with Crippen molar-refractivity contribution in [2.75, 3.05) is 11.9 Å². The number of nitrogens with one attached hydrogen (secondary N) is 2. The van der Waals surface area contributed by atoms with Crippen LogP contribution in [0.25, 0.3) is 0 Å². The first-order valence-electron chi connectivity index (χ1n) is 12.1. The summed E-state index contributed by atoms with van der Waals surface area (Å²) in [6.07, 6.45) is -1.50. The maximum absolute atomic E-state index is 13.8. The summed E-state index contributed by atoms with van der Waals surface area (Å²) in [5, 5.41) is 14.8. The van der Waals surface area contributed by atoms with Gasteiger partial charge in [-0.05, 0) is 58.7 Å². The molecule has 0 aliphatic heterocycles. The molecule has 202 valence electrons. The van der Waals surface area contributed by atoms with Gasteiger partial charge in [0.25, 0.3) is 5.91 Å². The minimum Gasteiger partial charge on any atom is -0.444 e. The Morgan fingerprint density at radius 3 is 2.18 bits per heavy atom. The molecule has 0 heterocycles. The first kappa shape index (κ1) is 29.8. The Bertz CT molecular complexity index is 1220. The fourth-order valence-electron chi connectivity index (χ4n) is 3.98. The van der Waals surface area contributed by atoms with Crippen molar-refractivity contribution in [3.63, 3.8) is 0 Å². The van der Waals surface area contributed by atoms with E-state index in [-0.39, 0.29) is 0 Å². The second-order valence-corrected chi connectivity index (χ2v) is 10.1. The lowest BCUT2D eigenvalue weighted by molar-refractivity contribution is -0.141. The third-order valence-electron chi connectivity index (χ3n) is 5.44. The highest BCUT2D eigenvalue weighted by Crippen LogP contribution is 2.27. The van der Waals surface area contributed by atoms with E-state index >= 15 is 0 Å². The fourth-order valence-corrected chi connectivity index (χ4v) is 3.98. The number of nitrogens with two attached hydrogens (primary N) is 1. The van der Waals surface area contributed by atoms with Gasteiger partial charge in [0.15, 0.2) is 0 Å². The molecule has 10 heteroatoms. The van der Waals surface area contributed by atoms with Gasteiger partial charge in [-0.15, -0.1) is 0 Å². The molecule has 2 unspecified atom stereocenters. The van der Waals surface area contributed by atoms with Crippen LogP contribution in [-0.4, -0.2) is 46.9 Å². The Balaban J connectivity index is 2.57. The number of nitriles is 1. The summed E-state index contributed by atoms with van der Waals surface area (Å²) in [6.45, 7) is 9.96. The number of alkyl carbamates (subject to hydrolysis) is 1. The van der Waals surface area contributed by atoms with Gasteiger partial charge in [-0.3, -0.25) is 14.4 Å². The molecule has 38 heavy (non-hydrogen) atoms. The average Bonchev–Trinajstić information content (AvgIpc) is 2.77. The number of ether oxygens (including phenoxy) is 1. The molecule has 0 bridgehead atoms. The van der Waals surface area contributed by atoms with Gasteiger partial charge in [-0.2, -0.15) is 5.26 Å². The van der Waals surface area contributed by atoms with Crippen molar-refractivity contribution >= 4 is 29.5 Å². The molecular weight excluding hydrogens is 486 g/mol. The number of primary amides is 1. The van der Waals surface area contributed by atoms with Crippen molar-refractivity contribution in [1.29, 1.82) is 5.26 Å². The van der Waals surface area contributed by atoms with E-state index in [4.69, 9.17) is 10.5 Å². The van der Waals surface area contributed by atoms with Crippen LogP contribution < -0.4 is 16.4 Å². The highest BCUT2D eigenvalue weighted by molar-refractivity contribution is 6.00. The predicted octanol–water partition coefficient (Wildman–Crippen LogP) is 3.41. The molecule has 2 aromatic rings. The Labute approximate surface area is 223 Å². The molecule has 2 rings (SSSR count). The zero-order valence-electron chi connectivity index (χ0n) is 22.6. The average molecular weight is 522 g/mol. The Kier molecular flexibility index (Phi) is 9.99. The van der Waals surface area contributed by atoms with Gasteiger partial charge in [0.1, 0.15) is 24.2 Å². The molecule has 0 fully saturated rings. The molecule has 4 amide bonds. The van der Waals surface area contributed by atoms with Crippen LogP contribution in [0.3, 0.4) is 0 Å². The van der Waals surface area contributed by atoms with E-state index in [2.05, 4.69) is 10.6 Å². The zero-order valence-corrected chi connectivity index (χ0v) is 22.6. The summed E-state index contributed by atoms with van der Waals surface area (Å²) < 4.78 is 5.24. The fraction of sp³-hybridized carbons (Fsp3) is 0.393. The van der Waals surface area contributed by atoms with Gasteiger partial charge in [-0.25, -0.2) is 4.79 Å². The Hall–Kier alpha value is -4.39. The summed E-state index contributed by atoms with van der Waals surface area (Å²) in [5.74, 6) is -2.26. The van der Waals surface area contributed by atoms with Crippen LogP contribution in [0.2, 0.25) is 0 Å². The van der Waals surface area contributed by atoms with Gasteiger partial charge in [0.05, 0.1) is 12.5 Å². The quantitative estimate of drug-likeness (QED) is 0.430. The standard InChI is InChI=1S/C28H35N5O5/c1-17-13-18(2)15-20(14-17)24(25(35)31-21-10-8-7-9-19(21)3)33(12-11-29)26(36)22(16-23(30)34)32-27(37)38-28(4,5)6/h7-10,13-15,22,24H,12,16H2,1-6H3,(H2,30,34)(H,31,35)(H,32,37). The molecule has 0 spiro atoms. The molecule has 0 aliphatic rings. The van der Waals surface area contributed by atoms with Crippen LogP contribution >= 0.6 is 0 Å². The number of anilines is 1. The molecule has 0 saturated carbocycles.